The Hall–Kier alpha value is -1.60. The van der Waals surface area contributed by atoms with Crippen molar-refractivity contribution in [2.45, 2.75) is 32.4 Å². The van der Waals surface area contributed by atoms with Crippen molar-refractivity contribution in [1.82, 2.24) is 4.31 Å². The number of nitrogens with one attached hydrogen (secondary N) is 1. The van der Waals surface area contributed by atoms with E-state index in [9.17, 15) is 13.2 Å². The minimum Gasteiger partial charge on any atom is -0.325 e. The van der Waals surface area contributed by atoms with Crippen LogP contribution in [-0.4, -0.2) is 31.7 Å². The number of carbonyl (C=O) groups excluding carboxylic acids is 1. The lowest BCUT2D eigenvalue weighted by Gasteiger charge is -2.31. The fraction of sp³-hybridized carbons (Fsp3) is 0.381. The molecule has 156 valence electrons. The second-order valence-electron chi connectivity index (χ2n) is 7.46. The first-order valence-electron chi connectivity index (χ1n) is 9.46. The zero-order valence-electron chi connectivity index (χ0n) is 16.4. The molecule has 1 atom stereocenters. The Kier molecular flexibility index (Phi) is 6.89. The molecule has 1 unspecified atom stereocenters. The first-order chi connectivity index (χ1) is 13.7. The number of amides is 1. The van der Waals surface area contributed by atoms with E-state index < -0.39 is 10.0 Å². The Balaban J connectivity index is 1.70. The molecule has 5 nitrogen and oxygen atoms in total. The minimum atomic E-state index is -3.57. The van der Waals surface area contributed by atoms with Gasteiger partial charge in [0, 0.05) is 18.8 Å². The van der Waals surface area contributed by atoms with E-state index in [1.165, 1.54) is 4.31 Å². The molecule has 2 aromatic rings. The topological polar surface area (TPSA) is 66.5 Å². The Morgan fingerprint density at radius 2 is 1.83 bits per heavy atom. The van der Waals surface area contributed by atoms with Gasteiger partial charge >= 0.3 is 0 Å². The summed E-state index contributed by atoms with van der Waals surface area (Å²) in [6, 6.07) is 10.6. The van der Waals surface area contributed by atoms with Crippen molar-refractivity contribution in [2.24, 2.45) is 5.92 Å². The number of carbonyl (C=O) groups is 1. The summed E-state index contributed by atoms with van der Waals surface area (Å²) in [4.78, 5) is 12.8. The van der Waals surface area contributed by atoms with Crippen LogP contribution in [0.3, 0.4) is 0 Å². The van der Waals surface area contributed by atoms with Crippen LogP contribution in [0.4, 0.5) is 5.69 Å². The zero-order valence-corrected chi connectivity index (χ0v) is 18.7. The van der Waals surface area contributed by atoms with E-state index in [0.717, 1.165) is 16.8 Å². The first-order valence-corrected chi connectivity index (χ1v) is 11.8. The summed E-state index contributed by atoms with van der Waals surface area (Å²) in [7, 11) is -3.57. The number of hydrogen-bond donors (Lipinski definition) is 1. The van der Waals surface area contributed by atoms with Crippen LogP contribution in [0.5, 0.6) is 0 Å². The smallest absolute Gasteiger partial charge is 0.228 e. The van der Waals surface area contributed by atoms with Crippen LogP contribution >= 0.6 is 23.2 Å². The van der Waals surface area contributed by atoms with Crippen molar-refractivity contribution < 1.29 is 13.2 Å². The summed E-state index contributed by atoms with van der Waals surface area (Å²) in [6.45, 7) is 4.48. The molecule has 0 aromatic heterocycles. The maximum atomic E-state index is 12.9. The van der Waals surface area contributed by atoms with E-state index in [1.807, 2.05) is 32.0 Å². The maximum Gasteiger partial charge on any atom is 0.228 e. The number of para-hydroxylation sites is 1. The van der Waals surface area contributed by atoms with Crippen LogP contribution in [-0.2, 0) is 20.6 Å². The van der Waals surface area contributed by atoms with Crippen LogP contribution in [0.2, 0.25) is 10.0 Å². The van der Waals surface area contributed by atoms with Gasteiger partial charge in [-0.25, -0.2) is 12.7 Å². The lowest BCUT2D eigenvalue weighted by Crippen LogP contribution is -2.44. The number of hydrogen-bond acceptors (Lipinski definition) is 3. The predicted molar refractivity (Wildman–Crippen MR) is 118 cm³/mol. The van der Waals surface area contributed by atoms with Gasteiger partial charge in [0.2, 0.25) is 15.9 Å². The Labute approximate surface area is 182 Å². The normalized spacial score (nSPS) is 17.9. The molecule has 1 aliphatic heterocycles. The number of nitrogens with zero attached hydrogens (tertiary/aromatic N) is 1. The summed E-state index contributed by atoms with van der Waals surface area (Å²) in [5.41, 5.74) is 3.34. The highest BCUT2D eigenvalue weighted by molar-refractivity contribution is 7.88. The molecule has 2 aromatic carbocycles. The van der Waals surface area contributed by atoms with Gasteiger partial charge in [-0.05, 0) is 55.5 Å². The highest BCUT2D eigenvalue weighted by atomic mass is 35.5. The van der Waals surface area contributed by atoms with Gasteiger partial charge in [-0.2, -0.15) is 0 Å². The molecule has 0 saturated carbocycles. The second-order valence-corrected chi connectivity index (χ2v) is 10.2. The third-order valence-corrected chi connectivity index (χ3v) is 7.77. The molecule has 1 saturated heterocycles. The molecular weight excluding hydrogens is 431 g/mol. The number of halogens is 2. The average Bonchev–Trinajstić information content (AvgIpc) is 2.67. The number of piperidine rings is 1. The molecule has 0 bridgehead atoms. The number of sulfonamides is 1. The van der Waals surface area contributed by atoms with Crippen molar-refractivity contribution in [3.05, 3.63) is 63.1 Å². The standard InChI is InChI=1S/C21H24Cl2N2O3S/c1-14-5-3-6-15(2)20(14)24-21(26)17-7-4-10-25(12-17)29(27,28)13-16-8-9-18(22)19(23)11-16/h3,5-6,8-9,11,17H,4,7,10,12-13H2,1-2H3,(H,24,26). The molecule has 3 rings (SSSR count). The maximum absolute atomic E-state index is 12.9. The van der Waals surface area contributed by atoms with E-state index in [1.54, 1.807) is 18.2 Å². The predicted octanol–water partition coefficient (Wildman–Crippen LogP) is 4.79. The Morgan fingerprint density at radius 3 is 2.48 bits per heavy atom. The minimum absolute atomic E-state index is 0.142. The number of anilines is 1. The van der Waals surface area contributed by atoms with E-state index in [-0.39, 0.29) is 24.1 Å². The average molecular weight is 455 g/mol. The SMILES string of the molecule is Cc1cccc(C)c1NC(=O)C1CCCN(S(=O)(=O)Cc2ccc(Cl)c(Cl)c2)C1. The Morgan fingerprint density at radius 1 is 1.14 bits per heavy atom. The molecule has 1 heterocycles. The summed E-state index contributed by atoms with van der Waals surface area (Å²) < 4.78 is 27.2. The van der Waals surface area contributed by atoms with Crippen molar-refractivity contribution in [3.63, 3.8) is 0 Å². The van der Waals surface area contributed by atoms with Crippen LogP contribution < -0.4 is 5.32 Å². The van der Waals surface area contributed by atoms with Gasteiger partial charge in [0.25, 0.3) is 0 Å². The summed E-state index contributed by atoms with van der Waals surface area (Å²) in [5, 5.41) is 3.70. The van der Waals surface area contributed by atoms with Gasteiger partial charge in [0.05, 0.1) is 21.7 Å². The quantitative estimate of drug-likeness (QED) is 0.705. The number of aryl methyl sites for hydroxylation is 2. The lowest BCUT2D eigenvalue weighted by atomic mass is 9.98. The molecular formula is C21H24Cl2N2O3S. The van der Waals surface area contributed by atoms with Gasteiger partial charge in [-0.3, -0.25) is 4.79 Å². The molecule has 1 amide bonds. The third-order valence-electron chi connectivity index (χ3n) is 5.21. The van der Waals surface area contributed by atoms with Crippen LogP contribution in [0.25, 0.3) is 0 Å². The highest BCUT2D eigenvalue weighted by Gasteiger charge is 2.32. The monoisotopic (exact) mass is 454 g/mol. The van der Waals surface area contributed by atoms with E-state index >= 15 is 0 Å². The highest BCUT2D eigenvalue weighted by Crippen LogP contribution is 2.27. The number of rotatable bonds is 5. The first kappa shape index (κ1) is 22.1. The second kappa shape index (κ2) is 9.04. The number of benzene rings is 2. The van der Waals surface area contributed by atoms with Gasteiger partial charge < -0.3 is 5.32 Å². The fourth-order valence-corrected chi connectivity index (χ4v) is 5.50. The molecule has 1 aliphatic rings. The van der Waals surface area contributed by atoms with Crippen LogP contribution in [0.15, 0.2) is 36.4 Å². The van der Waals surface area contributed by atoms with E-state index in [4.69, 9.17) is 23.2 Å². The summed E-state index contributed by atoms with van der Waals surface area (Å²) in [5.74, 6) is -0.696. The fourth-order valence-electron chi connectivity index (χ4n) is 3.58. The molecule has 29 heavy (non-hydrogen) atoms. The van der Waals surface area contributed by atoms with Crippen molar-refractivity contribution in [2.75, 3.05) is 18.4 Å². The molecule has 1 N–H and O–H groups in total. The van der Waals surface area contributed by atoms with Gasteiger partial charge in [0.1, 0.15) is 0 Å². The molecule has 0 aliphatic carbocycles. The largest absolute Gasteiger partial charge is 0.325 e. The van der Waals surface area contributed by atoms with Gasteiger partial charge in [0.15, 0.2) is 0 Å². The molecule has 8 heteroatoms. The third kappa shape index (κ3) is 5.31. The summed E-state index contributed by atoms with van der Waals surface area (Å²) in [6.07, 6.45) is 1.31. The zero-order chi connectivity index (χ0) is 21.2. The van der Waals surface area contributed by atoms with Gasteiger partial charge in [-0.1, -0.05) is 47.5 Å². The van der Waals surface area contributed by atoms with E-state index in [2.05, 4.69) is 5.32 Å². The molecule has 0 radical (unpaired) electrons. The van der Waals surface area contributed by atoms with E-state index in [0.29, 0.717) is 35.0 Å². The van der Waals surface area contributed by atoms with Crippen molar-refractivity contribution in [3.8, 4) is 0 Å². The summed E-state index contributed by atoms with van der Waals surface area (Å²) >= 11 is 11.9. The van der Waals surface area contributed by atoms with Crippen molar-refractivity contribution in [1.29, 1.82) is 0 Å². The van der Waals surface area contributed by atoms with Crippen molar-refractivity contribution >= 4 is 44.8 Å². The molecule has 0 spiro atoms. The van der Waals surface area contributed by atoms with Crippen LogP contribution in [0.1, 0.15) is 29.5 Å². The van der Waals surface area contributed by atoms with Crippen LogP contribution in [0, 0.1) is 19.8 Å². The van der Waals surface area contributed by atoms with Gasteiger partial charge in [-0.15, -0.1) is 0 Å². The lowest BCUT2D eigenvalue weighted by molar-refractivity contribution is -0.120. The Bertz CT molecular complexity index is 1000. The molecule has 1 fully saturated rings.